The molecule has 0 atom stereocenters. The lowest BCUT2D eigenvalue weighted by Gasteiger charge is -2.26. The molecule has 0 aliphatic carbocycles. The maximum Gasteiger partial charge on any atom is 0.341 e. The maximum atomic E-state index is 12.6. The molecule has 0 radical (unpaired) electrons. The fourth-order valence-electron chi connectivity index (χ4n) is 2.75. The number of ether oxygens (including phenoxy) is 2. The van der Waals surface area contributed by atoms with Crippen LogP contribution in [0.4, 0.5) is 0 Å². The lowest BCUT2D eigenvalue weighted by molar-refractivity contribution is -0.139. The largest absolute Gasteiger partial charge is 0.490 e. The van der Waals surface area contributed by atoms with Crippen molar-refractivity contribution < 1.29 is 24.2 Å². The number of carbonyl (C=O) groups is 2. The van der Waals surface area contributed by atoms with E-state index in [0.717, 1.165) is 5.56 Å². The first-order valence-electron chi connectivity index (χ1n) is 9.19. The summed E-state index contributed by atoms with van der Waals surface area (Å²) in [6, 6.07) is 12.9. The van der Waals surface area contributed by atoms with Crippen LogP contribution in [0.3, 0.4) is 0 Å². The van der Waals surface area contributed by atoms with Crippen molar-refractivity contribution in [2.24, 2.45) is 0 Å². The van der Waals surface area contributed by atoms with E-state index in [0.29, 0.717) is 30.2 Å². The summed E-state index contributed by atoms with van der Waals surface area (Å²) in [5, 5.41) is 11.7. The van der Waals surface area contributed by atoms with Crippen molar-refractivity contribution in [3.8, 4) is 11.5 Å². The Morgan fingerprint density at radius 2 is 1.82 bits per heavy atom. The Hall–Kier alpha value is -3.02. The van der Waals surface area contributed by atoms with Crippen molar-refractivity contribution in [3.05, 3.63) is 59.2 Å². The molecule has 6 nitrogen and oxygen atoms in total. The van der Waals surface area contributed by atoms with Crippen molar-refractivity contribution in [2.45, 2.75) is 33.1 Å². The first kappa shape index (κ1) is 21.3. The van der Waals surface area contributed by atoms with Crippen LogP contribution in [-0.2, 0) is 10.2 Å². The normalized spacial score (nSPS) is 11.0. The van der Waals surface area contributed by atoms with Gasteiger partial charge in [0, 0.05) is 17.5 Å². The minimum absolute atomic E-state index is 0.227. The molecule has 6 heteroatoms. The molecule has 0 fully saturated rings. The molecule has 1 amide bonds. The summed E-state index contributed by atoms with van der Waals surface area (Å²) in [6.45, 7) is 8.37. The number of carboxylic acid groups (broad SMARTS) is 1. The standard InChI is InChI=1S/C22H27NO5/c1-5-27-19-12-16(9-10-18(19)28-13-20(24)25)21(26)23-14-22(3,4)17-8-6-7-15(2)11-17/h6-12H,5,13-14H2,1-4H3,(H,23,26)(H,24,25). The Kier molecular flexibility index (Phi) is 7.04. The van der Waals surface area contributed by atoms with Crippen molar-refractivity contribution in [3.63, 3.8) is 0 Å². The van der Waals surface area contributed by atoms with Crippen molar-refractivity contribution in [2.75, 3.05) is 19.8 Å². The Morgan fingerprint density at radius 1 is 1.07 bits per heavy atom. The van der Waals surface area contributed by atoms with E-state index in [9.17, 15) is 9.59 Å². The molecule has 0 aliphatic rings. The fourth-order valence-corrected chi connectivity index (χ4v) is 2.75. The second kappa shape index (κ2) is 9.26. The van der Waals surface area contributed by atoms with E-state index in [4.69, 9.17) is 14.6 Å². The van der Waals surface area contributed by atoms with E-state index in [1.165, 1.54) is 5.56 Å². The van der Waals surface area contributed by atoms with Gasteiger partial charge in [-0.1, -0.05) is 43.7 Å². The Bertz CT molecular complexity index is 845. The third-order valence-electron chi connectivity index (χ3n) is 4.35. The summed E-state index contributed by atoms with van der Waals surface area (Å²) in [4.78, 5) is 23.3. The Balaban J connectivity index is 2.10. The number of rotatable bonds is 9. The number of carbonyl (C=O) groups excluding carboxylic acids is 1. The molecule has 0 heterocycles. The number of nitrogens with one attached hydrogen (secondary N) is 1. The second-order valence-corrected chi connectivity index (χ2v) is 7.21. The van der Waals surface area contributed by atoms with E-state index in [1.807, 2.05) is 19.1 Å². The SMILES string of the molecule is CCOc1cc(C(=O)NCC(C)(C)c2cccc(C)c2)ccc1OCC(=O)O. The zero-order valence-corrected chi connectivity index (χ0v) is 16.7. The summed E-state index contributed by atoms with van der Waals surface area (Å²) < 4.78 is 10.7. The lowest BCUT2D eigenvalue weighted by Crippen LogP contribution is -2.36. The topological polar surface area (TPSA) is 84.9 Å². The highest BCUT2D eigenvalue weighted by atomic mass is 16.5. The van der Waals surface area contributed by atoms with Gasteiger partial charge in [0.15, 0.2) is 18.1 Å². The third kappa shape index (κ3) is 5.74. The van der Waals surface area contributed by atoms with E-state index in [2.05, 4.69) is 31.3 Å². The zero-order chi connectivity index (χ0) is 20.7. The number of carboxylic acids is 1. The summed E-state index contributed by atoms with van der Waals surface area (Å²) in [7, 11) is 0. The molecule has 28 heavy (non-hydrogen) atoms. The number of aryl methyl sites for hydroxylation is 1. The summed E-state index contributed by atoms with van der Waals surface area (Å²) in [5.41, 5.74) is 2.52. The monoisotopic (exact) mass is 385 g/mol. The molecular formula is C22H27NO5. The van der Waals surface area contributed by atoms with Gasteiger partial charge in [0.1, 0.15) is 0 Å². The second-order valence-electron chi connectivity index (χ2n) is 7.21. The molecule has 150 valence electrons. The van der Waals surface area contributed by atoms with E-state index in [-0.39, 0.29) is 11.3 Å². The highest BCUT2D eigenvalue weighted by molar-refractivity contribution is 5.95. The van der Waals surface area contributed by atoms with Crippen LogP contribution in [0.5, 0.6) is 11.5 Å². The highest BCUT2D eigenvalue weighted by Crippen LogP contribution is 2.29. The van der Waals surface area contributed by atoms with E-state index in [1.54, 1.807) is 25.1 Å². The van der Waals surface area contributed by atoms with Gasteiger partial charge in [-0.2, -0.15) is 0 Å². The highest BCUT2D eigenvalue weighted by Gasteiger charge is 2.22. The number of hydrogen-bond acceptors (Lipinski definition) is 4. The first-order valence-corrected chi connectivity index (χ1v) is 9.19. The molecule has 2 N–H and O–H groups in total. The number of benzene rings is 2. The Morgan fingerprint density at radius 3 is 2.46 bits per heavy atom. The van der Waals surface area contributed by atoms with Gasteiger partial charge >= 0.3 is 5.97 Å². The predicted octanol–water partition coefficient (Wildman–Crippen LogP) is 3.56. The molecule has 2 aromatic carbocycles. The van der Waals surface area contributed by atoms with Gasteiger partial charge < -0.3 is 19.9 Å². The average Bonchev–Trinajstić information content (AvgIpc) is 2.65. The summed E-state index contributed by atoms with van der Waals surface area (Å²) >= 11 is 0. The molecule has 2 rings (SSSR count). The van der Waals surface area contributed by atoms with E-state index >= 15 is 0 Å². The van der Waals surface area contributed by atoms with Crippen LogP contribution in [0.1, 0.15) is 42.3 Å². The quantitative estimate of drug-likeness (QED) is 0.689. The minimum atomic E-state index is -1.08. The maximum absolute atomic E-state index is 12.6. The van der Waals surface area contributed by atoms with Crippen molar-refractivity contribution in [1.29, 1.82) is 0 Å². The van der Waals surface area contributed by atoms with Crippen molar-refractivity contribution in [1.82, 2.24) is 5.32 Å². The van der Waals surface area contributed by atoms with Crippen LogP contribution in [0.2, 0.25) is 0 Å². The van der Waals surface area contributed by atoms with Crippen LogP contribution >= 0.6 is 0 Å². The van der Waals surface area contributed by atoms with Crippen LogP contribution in [-0.4, -0.2) is 36.7 Å². The van der Waals surface area contributed by atoms with Crippen LogP contribution in [0.15, 0.2) is 42.5 Å². The van der Waals surface area contributed by atoms with E-state index < -0.39 is 12.6 Å². The molecule has 0 unspecified atom stereocenters. The number of aliphatic carboxylic acids is 1. The molecule has 0 spiro atoms. The predicted molar refractivity (Wildman–Crippen MR) is 107 cm³/mol. The Labute approximate surface area is 165 Å². The van der Waals surface area contributed by atoms with Gasteiger partial charge in [-0.3, -0.25) is 4.79 Å². The molecule has 0 aliphatic heterocycles. The molecule has 0 bridgehead atoms. The van der Waals surface area contributed by atoms with Crippen molar-refractivity contribution >= 4 is 11.9 Å². The summed E-state index contributed by atoms with van der Waals surface area (Å²) in [5.74, 6) is -0.677. The zero-order valence-electron chi connectivity index (χ0n) is 16.7. The van der Waals surface area contributed by atoms with Gasteiger partial charge in [-0.15, -0.1) is 0 Å². The van der Waals surface area contributed by atoms with Crippen LogP contribution in [0, 0.1) is 6.92 Å². The smallest absolute Gasteiger partial charge is 0.341 e. The molecule has 0 saturated heterocycles. The molecular weight excluding hydrogens is 358 g/mol. The molecule has 0 aromatic heterocycles. The fraction of sp³-hybridized carbons (Fsp3) is 0.364. The number of hydrogen-bond donors (Lipinski definition) is 2. The van der Waals surface area contributed by atoms with Gasteiger partial charge in [0.05, 0.1) is 6.61 Å². The van der Waals surface area contributed by atoms with Gasteiger partial charge in [0.25, 0.3) is 5.91 Å². The van der Waals surface area contributed by atoms with Crippen LogP contribution in [0.25, 0.3) is 0 Å². The third-order valence-corrected chi connectivity index (χ3v) is 4.35. The first-order chi connectivity index (χ1) is 13.2. The van der Waals surface area contributed by atoms with Crippen LogP contribution < -0.4 is 14.8 Å². The molecule has 0 saturated carbocycles. The molecule has 2 aromatic rings. The minimum Gasteiger partial charge on any atom is -0.490 e. The lowest BCUT2D eigenvalue weighted by atomic mass is 9.84. The number of amides is 1. The average molecular weight is 385 g/mol. The van der Waals surface area contributed by atoms with Gasteiger partial charge in [-0.05, 0) is 37.6 Å². The van der Waals surface area contributed by atoms with Gasteiger partial charge in [-0.25, -0.2) is 4.79 Å². The summed E-state index contributed by atoms with van der Waals surface area (Å²) in [6.07, 6.45) is 0. The van der Waals surface area contributed by atoms with Gasteiger partial charge in [0.2, 0.25) is 0 Å².